The van der Waals surface area contributed by atoms with Gasteiger partial charge in [0, 0.05) is 4.91 Å². The molecule has 10 atom stereocenters. The molecule has 0 N–H and O–H groups in total. The first-order valence-corrected chi connectivity index (χ1v) is 16.2. The van der Waals surface area contributed by atoms with Crippen molar-refractivity contribution in [1.29, 1.82) is 0 Å². The van der Waals surface area contributed by atoms with Crippen molar-refractivity contribution in [3.05, 3.63) is 76.2 Å². The van der Waals surface area contributed by atoms with Crippen molar-refractivity contribution in [2.45, 2.75) is 127 Å². The van der Waals surface area contributed by atoms with E-state index in [-0.39, 0.29) is 13.2 Å². The van der Waals surface area contributed by atoms with E-state index in [1.807, 2.05) is 89.2 Å². The average molecular weight is 656 g/mol. The first-order valence-electron chi connectivity index (χ1n) is 16.2. The molecular weight excluding hydrogens is 610 g/mol. The van der Waals surface area contributed by atoms with Crippen molar-refractivity contribution in [1.82, 2.24) is 0 Å². The summed E-state index contributed by atoms with van der Waals surface area (Å²) in [4.78, 5) is 3.17. The summed E-state index contributed by atoms with van der Waals surface area (Å²) < 4.78 is 62.3. The van der Waals surface area contributed by atoms with Gasteiger partial charge in [0.05, 0.1) is 33.0 Å². The molecule has 0 aliphatic carbocycles. The molecule has 0 radical (unpaired) electrons. The Balaban J connectivity index is 1.21. The summed E-state index contributed by atoms with van der Waals surface area (Å²) in [5.41, 5.74) is 11.6. The third-order valence-electron chi connectivity index (χ3n) is 8.76. The van der Waals surface area contributed by atoms with Crippen LogP contribution in [0, 0.1) is 0 Å². The minimum absolute atomic E-state index is 0.0505. The van der Waals surface area contributed by atoms with E-state index < -0.39 is 72.9 Å². The van der Waals surface area contributed by atoms with Crippen LogP contribution in [0.15, 0.2) is 59.7 Å². The van der Waals surface area contributed by atoms with Gasteiger partial charge >= 0.3 is 0 Å². The van der Waals surface area contributed by atoms with Gasteiger partial charge < -0.3 is 47.4 Å². The monoisotopic (exact) mass is 655 g/mol. The van der Waals surface area contributed by atoms with Crippen LogP contribution in [-0.4, -0.2) is 86.6 Å². The number of rotatable bonds is 12. The van der Waals surface area contributed by atoms with Gasteiger partial charge in [-0.05, 0) is 62.9 Å². The van der Waals surface area contributed by atoms with Crippen LogP contribution in [0.4, 0.5) is 0 Å². The third-order valence-corrected chi connectivity index (χ3v) is 8.76. The van der Waals surface area contributed by atoms with Crippen molar-refractivity contribution in [3.8, 4) is 5.75 Å². The standard InChI is InChI=1S/C34H45N3O10/c1-7-23-26(39-18-21-13-15-22(38-6)16-14-21)28(40-17-20-11-9-8-10-12-20)25(36-37-35)31(42-23)41-19-24-27-29(45-33(2,3)44-27)30-32(43-24)47-34(4,5)46-30/h8-16,23-32H,7,17-19H2,1-6H3/t23?,24?,25?,26-,27+,28+,29+,30?,31?,32-/m1/s1. The zero-order chi connectivity index (χ0) is 33.2. The molecule has 5 unspecified atom stereocenters. The van der Waals surface area contributed by atoms with Gasteiger partial charge in [0.15, 0.2) is 24.2 Å². The van der Waals surface area contributed by atoms with Crippen LogP contribution in [0.2, 0.25) is 0 Å². The molecule has 0 amide bonds. The topological polar surface area (TPSA) is 141 Å². The van der Waals surface area contributed by atoms with E-state index in [1.165, 1.54) is 0 Å². The minimum Gasteiger partial charge on any atom is -0.497 e. The second kappa shape index (κ2) is 14.4. The smallest absolute Gasteiger partial charge is 0.190 e. The maximum absolute atomic E-state index is 9.70. The number of ether oxygens (including phenoxy) is 10. The van der Waals surface area contributed by atoms with Crippen LogP contribution < -0.4 is 4.74 Å². The van der Waals surface area contributed by atoms with Crippen molar-refractivity contribution < 1.29 is 47.4 Å². The second-order valence-electron chi connectivity index (χ2n) is 13.1. The number of nitrogens with zero attached hydrogens (tertiary/aromatic N) is 3. The lowest BCUT2D eigenvalue weighted by Gasteiger charge is -2.45. The summed E-state index contributed by atoms with van der Waals surface area (Å²) in [6.45, 7) is 10.0. The highest BCUT2D eigenvalue weighted by molar-refractivity contribution is 5.26. The molecule has 0 spiro atoms. The molecule has 4 fully saturated rings. The Morgan fingerprint density at radius 1 is 0.745 bits per heavy atom. The molecular formula is C34H45N3O10. The van der Waals surface area contributed by atoms with Crippen LogP contribution >= 0.6 is 0 Å². The van der Waals surface area contributed by atoms with E-state index in [0.29, 0.717) is 13.0 Å². The number of benzene rings is 2. The molecule has 256 valence electrons. The number of azide groups is 1. The highest BCUT2D eigenvalue weighted by atomic mass is 16.9. The molecule has 2 aromatic rings. The highest BCUT2D eigenvalue weighted by Crippen LogP contribution is 2.44. The van der Waals surface area contributed by atoms with E-state index in [9.17, 15) is 5.53 Å². The lowest BCUT2D eigenvalue weighted by Crippen LogP contribution is -2.60. The molecule has 4 heterocycles. The number of hydrogen-bond acceptors (Lipinski definition) is 11. The van der Waals surface area contributed by atoms with Crippen LogP contribution in [0.5, 0.6) is 5.75 Å². The van der Waals surface area contributed by atoms with Crippen LogP contribution in [0.3, 0.4) is 0 Å². The summed E-state index contributed by atoms with van der Waals surface area (Å²) in [6, 6.07) is 16.6. The maximum atomic E-state index is 9.70. The van der Waals surface area contributed by atoms with Gasteiger partial charge in [0.25, 0.3) is 0 Å². The zero-order valence-electron chi connectivity index (χ0n) is 27.7. The van der Waals surface area contributed by atoms with Gasteiger partial charge in [0.1, 0.15) is 48.4 Å². The van der Waals surface area contributed by atoms with E-state index in [4.69, 9.17) is 47.4 Å². The van der Waals surface area contributed by atoms with Crippen molar-refractivity contribution in [2.75, 3.05) is 13.7 Å². The molecule has 13 nitrogen and oxygen atoms in total. The predicted octanol–water partition coefficient (Wildman–Crippen LogP) is 5.39. The lowest BCUT2D eigenvalue weighted by molar-refractivity contribution is -0.297. The fourth-order valence-corrected chi connectivity index (χ4v) is 6.63. The first kappa shape index (κ1) is 34.1. The van der Waals surface area contributed by atoms with Gasteiger partial charge in [0.2, 0.25) is 0 Å². The molecule has 4 aliphatic heterocycles. The predicted molar refractivity (Wildman–Crippen MR) is 167 cm³/mol. The second-order valence-corrected chi connectivity index (χ2v) is 13.1. The Morgan fingerprint density at radius 3 is 2.06 bits per heavy atom. The first-order chi connectivity index (χ1) is 22.6. The van der Waals surface area contributed by atoms with Crippen molar-refractivity contribution in [3.63, 3.8) is 0 Å². The van der Waals surface area contributed by atoms with E-state index in [1.54, 1.807) is 7.11 Å². The Morgan fingerprint density at radius 2 is 1.38 bits per heavy atom. The lowest BCUT2D eigenvalue weighted by atomic mass is 9.95. The summed E-state index contributed by atoms with van der Waals surface area (Å²) in [6.07, 6.45) is -4.65. The van der Waals surface area contributed by atoms with E-state index in [2.05, 4.69) is 10.0 Å². The molecule has 47 heavy (non-hydrogen) atoms. The minimum atomic E-state index is -0.954. The fraction of sp³-hybridized carbons (Fsp3) is 0.647. The fourth-order valence-electron chi connectivity index (χ4n) is 6.63. The molecule has 4 aliphatic rings. The molecule has 4 saturated heterocycles. The molecule has 0 aromatic heterocycles. The van der Waals surface area contributed by atoms with Crippen molar-refractivity contribution >= 4 is 0 Å². The van der Waals surface area contributed by atoms with E-state index in [0.717, 1.165) is 16.9 Å². The van der Waals surface area contributed by atoms with Crippen LogP contribution in [-0.2, 0) is 55.8 Å². The molecule has 13 heteroatoms. The summed E-state index contributed by atoms with van der Waals surface area (Å²) in [5.74, 6) is -0.940. The van der Waals surface area contributed by atoms with E-state index >= 15 is 0 Å². The normalized spacial score (nSPS) is 35.4. The van der Waals surface area contributed by atoms with Gasteiger partial charge in [-0.25, -0.2) is 0 Å². The molecule has 6 rings (SSSR count). The summed E-state index contributed by atoms with van der Waals surface area (Å²) in [7, 11) is 1.63. The SMILES string of the molecule is CCC1OC(OCC2O[C@@H]3OC(C)(C)OC3[C@H]3OC(C)(C)O[C@@H]23)C(N=[N+]=[N-])[C@H](OCc2ccccc2)[C@@H]1OCc1ccc(OC)cc1. The maximum Gasteiger partial charge on any atom is 0.190 e. The largest absolute Gasteiger partial charge is 0.497 e. The summed E-state index contributed by atoms with van der Waals surface area (Å²) >= 11 is 0. The molecule has 0 bridgehead atoms. The quantitative estimate of drug-likeness (QED) is 0.166. The van der Waals surface area contributed by atoms with Crippen LogP contribution in [0.1, 0.15) is 52.2 Å². The van der Waals surface area contributed by atoms with Gasteiger partial charge in [-0.1, -0.05) is 54.5 Å². The van der Waals surface area contributed by atoms with Gasteiger partial charge in [-0.2, -0.15) is 0 Å². The summed E-state index contributed by atoms with van der Waals surface area (Å²) in [5, 5.41) is 4.15. The molecule has 2 aromatic carbocycles. The van der Waals surface area contributed by atoms with Gasteiger partial charge in [-0.3, -0.25) is 0 Å². The Hall–Kier alpha value is -2.81. The third kappa shape index (κ3) is 7.76. The highest BCUT2D eigenvalue weighted by Gasteiger charge is 2.61. The van der Waals surface area contributed by atoms with Gasteiger partial charge in [-0.15, -0.1) is 0 Å². The zero-order valence-corrected chi connectivity index (χ0v) is 27.7. The number of fused-ring (bicyclic) bond motifs is 3. The Bertz CT molecular complexity index is 1370. The van der Waals surface area contributed by atoms with Crippen molar-refractivity contribution in [2.24, 2.45) is 5.11 Å². The average Bonchev–Trinajstić information content (AvgIpc) is 3.56. The van der Waals surface area contributed by atoms with Crippen LogP contribution in [0.25, 0.3) is 10.4 Å². The Kier molecular flexibility index (Phi) is 10.4. The Labute approximate surface area is 275 Å². The molecule has 0 saturated carbocycles. The number of hydrogen-bond donors (Lipinski definition) is 0. The number of methoxy groups -OCH3 is 1.